The normalized spacial score (nSPS) is 13.9. The molecule has 1 rings (SSSR count). The standard InChI is InChI=1S/C10H10ClF4N/c11-8-5-6(12)1-2-7(8)9(16)3-4-10(13,14)15/h1-2,5,9H,3-4,16H2/t9-/m0/s1. The minimum Gasteiger partial charge on any atom is -0.324 e. The Morgan fingerprint density at radius 2 is 1.94 bits per heavy atom. The van der Waals surface area contributed by atoms with Gasteiger partial charge in [-0.25, -0.2) is 4.39 Å². The molecular weight excluding hydrogens is 246 g/mol. The number of rotatable bonds is 3. The molecule has 0 amide bonds. The first-order chi connectivity index (χ1) is 7.29. The Morgan fingerprint density at radius 3 is 2.44 bits per heavy atom. The summed E-state index contributed by atoms with van der Waals surface area (Å²) in [6.07, 6.45) is -5.50. The highest BCUT2D eigenvalue weighted by molar-refractivity contribution is 6.31. The third kappa shape index (κ3) is 3.98. The molecule has 90 valence electrons. The number of nitrogens with two attached hydrogens (primary N) is 1. The van der Waals surface area contributed by atoms with Crippen LogP contribution in [0.25, 0.3) is 0 Å². The second-order valence-electron chi connectivity index (χ2n) is 3.43. The summed E-state index contributed by atoms with van der Waals surface area (Å²) in [5.74, 6) is -0.545. The summed E-state index contributed by atoms with van der Waals surface area (Å²) in [5.41, 5.74) is 5.87. The lowest BCUT2D eigenvalue weighted by atomic mass is 10.0. The Kier molecular flexibility index (Phi) is 4.15. The molecule has 0 aliphatic rings. The highest BCUT2D eigenvalue weighted by Gasteiger charge is 2.28. The van der Waals surface area contributed by atoms with Crippen LogP contribution in [0.2, 0.25) is 5.02 Å². The molecule has 0 unspecified atom stereocenters. The zero-order valence-corrected chi connectivity index (χ0v) is 8.95. The Bertz CT molecular complexity index is 364. The van der Waals surface area contributed by atoms with Crippen LogP contribution in [0.1, 0.15) is 24.4 Å². The molecule has 0 aliphatic carbocycles. The Morgan fingerprint density at radius 1 is 1.31 bits per heavy atom. The van der Waals surface area contributed by atoms with Gasteiger partial charge >= 0.3 is 6.18 Å². The zero-order chi connectivity index (χ0) is 12.3. The Labute approximate surface area is 95.2 Å². The summed E-state index contributed by atoms with van der Waals surface area (Å²) in [4.78, 5) is 0. The predicted molar refractivity (Wildman–Crippen MR) is 53.6 cm³/mol. The van der Waals surface area contributed by atoms with Gasteiger partial charge in [-0.3, -0.25) is 0 Å². The number of halogens is 5. The van der Waals surface area contributed by atoms with E-state index in [-0.39, 0.29) is 11.4 Å². The van der Waals surface area contributed by atoms with E-state index >= 15 is 0 Å². The first kappa shape index (κ1) is 13.3. The van der Waals surface area contributed by atoms with Crippen molar-refractivity contribution in [3.8, 4) is 0 Å². The van der Waals surface area contributed by atoms with E-state index in [4.69, 9.17) is 17.3 Å². The van der Waals surface area contributed by atoms with E-state index < -0.39 is 24.5 Å². The third-order valence-corrected chi connectivity index (χ3v) is 2.43. The first-order valence-corrected chi connectivity index (χ1v) is 4.94. The van der Waals surface area contributed by atoms with Gasteiger partial charge in [0.25, 0.3) is 0 Å². The number of alkyl halides is 3. The van der Waals surface area contributed by atoms with Gasteiger partial charge < -0.3 is 5.73 Å². The largest absolute Gasteiger partial charge is 0.389 e. The van der Waals surface area contributed by atoms with E-state index in [1.807, 2.05) is 0 Å². The maximum atomic E-state index is 12.7. The first-order valence-electron chi connectivity index (χ1n) is 4.57. The fourth-order valence-corrected chi connectivity index (χ4v) is 1.58. The summed E-state index contributed by atoms with van der Waals surface area (Å²) in [7, 11) is 0. The summed E-state index contributed by atoms with van der Waals surface area (Å²) in [5, 5.41) is 0.0506. The lowest BCUT2D eigenvalue weighted by Crippen LogP contribution is -2.16. The molecule has 1 atom stereocenters. The zero-order valence-electron chi connectivity index (χ0n) is 8.19. The minimum absolute atomic E-state index is 0.0506. The smallest absolute Gasteiger partial charge is 0.324 e. The highest BCUT2D eigenvalue weighted by atomic mass is 35.5. The maximum absolute atomic E-state index is 12.7. The quantitative estimate of drug-likeness (QED) is 0.817. The van der Waals surface area contributed by atoms with Crippen molar-refractivity contribution in [3.63, 3.8) is 0 Å². The molecule has 1 aromatic carbocycles. The third-order valence-electron chi connectivity index (χ3n) is 2.10. The molecule has 0 aromatic heterocycles. The van der Waals surface area contributed by atoms with E-state index in [0.29, 0.717) is 5.56 Å². The number of benzene rings is 1. The van der Waals surface area contributed by atoms with Crippen molar-refractivity contribution in [1.29, 1.82) is 0 Å². The SMILES string of the molecule is N[C@@H](CCC(F)(F)F)c1ccc(F)cc1Cl. The van der Waals surface area contributed by atoms with Crippen molar-refractivity contribution < 1.29 is 17.6 Å². The highest BCUT2D eigenvalue weighted by Crippen LogP contribution is 2.29. The summed E-state index contributed by atoms with van der Waals surface area (Å²) >= 11 is 5.67. The predicted octanol–water partition coefficient (Wildman–Crippen LogP) is 3.82. The van der Waals surface area contributed by atoms with Crippen LogP contribution in [0.4, 0.5) is 17.6 Å². The van der Waals surface area contributed by atoms with Crippen LogP contribution in [-0.4, -0.2) is 6.18 Å². The number of hydrogen-bond donors (Lipinski definition) is 1. The monoisotopic (exact) mass is 255 g/mol. The lowest BCUT2D eigenvalue weighted by molar-refractivity contribution is -0.136. The van der Waals surface area contributed by atoms with Gasteiger partial charge in [0.05, 0.1) is 0 Å². The Balaban J connectivity index is 2.70. The molecule has 0 bridgehead atoms. The van der Waals surface area contributed by atoms with E-state index in [1.165, 1.54) is 6.07 Å². The van der Waals surface area contributed by atoms with E-state index in [1.54, 1.807) is 0 Å². The van der Waals surface area contributed by atoms with E-state index in [9.17, 15) is 17.6 Å². The fourth-order valence-electron chi connectivity index (χ4n) is 1.28. The van der Waals surface area contributed by atoms with Crippen molar-refractivity contribution >= 4 is 11.6 Å². The fraction of sp³-hybridized carbons (Fsp3) is 0.400. The molecule has 0 heterocycles. The molecule has 0 aliphatic heterocycles. The topological polar surface area (TPSA) is 26.0 Å². The molecule has 0 spiro atoms. The van der Waals surface area contributed by atoms with Crippen LogP contribution in [0.15, 0.2) is 18.2 Å². The second kappa shape index (κ2) is 5.01. The lowest BCUT2D eigenvalue weighted by Gasteiger charge is -2.14. The molecule has 0 saturated carbocycles. The average Bonchev–Trinajstić information content (AvgIpc) is 2.13. The summed E-state index contributed by atoms with van der Waals surface area (Å²) < 4.78 is 48.5. The van der Waals surface area contributed by atoms with E-state index in [0.717, 1.165) is 12.1 Å². The molecule has 0 radical (unpaired) electrons. The summed E-state index contributed by atoms with van der Waals surface area (Å²) in [6, 6.07) is 2.62. The molecule has 2 N–H and O–H groups in total. The maximum Gasteiger partial charge on any atom is 0.389 e. The van der Waals surface area contributed by atoms with E-state index in [2.05, 4.69) is 0 Å². The number of hydrogen-bond acceptors (Lipinski definition) is 1. The minimum atomic E-state index is -4.25. The molecule has 0 fully saturated rings. The molecule has 1 nitrogen and oxygen atoms in total. The van der Waals surface area contributed by atoms with Crippen LogP contribution in [0.5, 0.6) is 0 Å². The summed E-state index contributed by atoms with van der Waals surface area (Å²) in [6.45, 7) is 0. The van der Waals surface area contributed by atoms with Gasteiger partial charge in [-0.05, 0) is 24.1 Å². The van der Waals surface area contributed by atoms with Gasteiger partial charge in [0.2, 0.25) is 0 Å². The van der Waals surface area contributed by atoms with Gasteiger partial charge in [-0.2, -0.15) is 13.2 Å². The Hall–Kier alpha value is -0.810. The van der Waals surface area contributed by atoms with Gasteiger partial charge in [0, 0.05) is 17.5 Å². The van der Waals surface area contributed by atoms with Crippen LogP contribution >= 0.6 is 11.6 Å². The van der Waals surface area contributed by atoms with Crippen molar-refractivity contribution in [1.82, 2.24) is 0 Å². The van der Waals surface area contributed by atoms with Crippen LogP contribution in [-0.2, 0) is 0 Å². The van der Waals surface area contributed by atoms with Crippen molar-refractivity contribution in [3.05, 3.63) is 34.6 Å². The van der Waals surface area contributed by atoms with Gasteiger partial charge in [-0.15, -0.1) is 0 Å². The van der Waals surface area contributed by atoms with Gasteiger partial charge in [0.15, 0.2) is 0 Å². The molecule has 6 heteroatoms. The van der Waals surface area contributed by atoms with Gasteiger partial charge in [0.1, 0.15) is 5.82 Å². The molecule has 1 aromatic rings. The molecule has 16 heavy (non-hydrogen) atoms. The average molecular weight is 256 g/mol. The van der Waals surface area contributed by atoms with Crippen molar-refractivity contribution in [2.45, 2.75) is 25.1 Å². The van der Waals surface area contributed by atoms with Crippen LogP contribution < -0.4 is 5.73 Å². The van der Waals surface area contributed by atoms with Crippen molar-refractivity contribution in [2.24, 2.45) is 5.73 Å². The molecule has 0 saturated heterocycles. The van der Waals surface area contributed by atoms with Gasteiger partial charge in [-0.1, -0.05) is 17.7 Å². The molecular formula is C10H10ClF4N. The van der Waals surface area contributed by atoms with Crippen LogP contribution in [0, 0.1) is 5.82 Å². The van der Waals surface area contributed by atoms with Crippen LogP contribution in [0.3, 0.4) is 0 Å². The second-order valence-corrected chi connectivity index (χ2v) is 3.83. The van der Waals surface area contributed by atoms with Crippen molar-refractivity contribution in [2.75, 3.05) is 0 Å².